The molecule has 0 radical (unpaired) electrons. The molecule has 27 heavy (non-hydrogen) atoms. The van der Waals surface area contributed by atoms with Crippen molar-refractivity contribution >= 4 is 37.5 Å². The summed E-state index contributed by atoms with van der Waals surface area (Å²) < 4.78 is 27.5. The molecule has 1 fully saturated rings. The number of sulfonamides is 1. The van der Waals surface area contributed by atoms with Gasteiger partial charge in [0, 0.05) is 12.1 Å². The maximum atomic E-state index is 13.1. The van der Waals surface area contributed by atoms with Gasteiger partial charge in [0.1, 0.15) is 5.01 Å². The second-order valence-corrected chi connectivity index (χ2v) is 9.36. The van der Waals surface area contributed by atoms with Gasteiger partial charge in [-0.25, -0.2) is 18.1 Å². The molecule has 140 valence electrons. The van der Waals surface area contributed by atoms with Crippen LogP contribution < -0.4 is 4.72 Å². The number of likely N-dealkylation sites (tertiary alicyclic amines) is 1. The molecule has 1 saturated heterocycles. The van der Waals surface area contributed by atoms with E-state index in [9.17, 15) is 13.2 Å². The highest BCUT2D eigenvalue weighted by atomic mass is 32.2. The number of amides is 1. The Hall–Kier alpha value is -2.29. The first-order valence-electron chi connectivity index (χ1n) is 8.69. The lowest BCUT2D eigenvalue weighted by Crippen LogP contribution is -2.30. The third-order valence-electron chi connectivity index (χ3n) is 4.77. The fourth-order valence-electron chi connectivity index (χ4n) is 3.38. The van der Waals surface area contributed by atoms with Gasteiger partial charge in [-0.15, -0.1) is 11.3 Å². The van der Waals surface area contributed by atoms with Crippen molar-refractivity contribution in [2.24, 2.45) is 0 Å². The molecule has 1 aliphatic rings. The summed E-state index contributed by atoms with van der Waals surface area (Å²) in [5, 5.41) is 0.932. The van der Waals surface area contributed by atoms with Crippen molar-refractivity contribution in [1.29, 1.82) is 0 Å². The van der Waals surface area contributed by atoms with E-state index < -0.39 is 10.0 Å². The molecule has 0 bridgehead atoms. The highest BCUT2D eigenvalue weighted by Gasteiger charge is 2.33. The van der Waals surface area contributed by atoms with Gasteiger partial charge in [0.05, 0.1) is 21.2 Å². The van der Waals surface area contributed by atoms with Crippen LogP contribution in [0.3, 0.4) is 0 Å². The van der Waals surface area contributed by atoms with Gasteiger partial charge in [0.15, 0.2) is 0 Å². The molecule has 8 heteroatoms. The highest BCUT2D eigenvalue weighted by molar-refractivity contribution is 7.89. The SMILES string of the molecule is CNS(=O)(=O)c1cccc(C(=O)N2CCC[C@@H]2c2nc3ccccc3s2)c1. The van der Waals surface area contributed by atoms with Crippen LogP contribution in [-0.4, -0.2) is 37.8 Å². The molecule has 1 N–H and O–H groups in total. The normalized spacial score (nSPS) is 17.5. The second-order valence-electron chi connectivity index (χ2n) is 6.41. The predicted octanol–water partition coefficient (Wildman–Crippen LogP) is 3.18. The van der Waals surface area contributed by atoms with Gasteiger partial charge in [-0.3, -0.25) is 4.79 Å². The quantitative estimate of drug-likeness (QED) is 0.728. The Balaban J connectivity index is 1.66. The van der Waals surface area contributed by atoms with Crippen molar-refractivity contribution in [3.05, 3.63) is 59.1 Å². The maximum Gasteiger partial charge on any atom is 0.254 e. The first-order valence-corrected chi connectivity index (χ1v) is 11.0. The van der Waals surface area contributed by atoms with Crippen LogP contribution in [0.25, 0.3) is 10.2 Å². The van der Waals surface area contributed by atoms with Crippen molar-refractivity contribution in [2.75, 3.05) is 13.6 Å². The molecular formula is C19H19N3O3S2. The number of thiazole rings is 1. The lowest BCUT2D eigenvalue weighted by Gasteiger charge is -2.23. The van der Waals surface area contributed by atoms with Crippen molar-refractivity contribution < 1.29 is 13.2 Å². The number of carbonyl (C=O) groups excluding carboxylic acids is 1. The summed E-state index contributed by atoms with van der Waals surface area (Å²) in [5.41, 5.74) is 1.32. The van der Waals surface area contributed by atoms with Crippen LogP contribution in [0.2, 0.25) is 0 Å². The molecule has 0 spiro atoms. The Morgan fingerprint density at radius 1 is 1.22 bits per heavy atom. The summed E-state index contributed by atoms with van der Waals surface area (Å²) in [6.07, 6.45) is 1.76. The smallest absolute Gasteiger partial charge is 0.254 e. The van der Waals surface area contributed by atoms with E-state index in [0.717, 1.165) is 28.1 Å². The van der Waals surface area contributed by atoms with Crippen LogP contribution in [0.4, 0.5) is 0 Å². The summed E-state index contributed by atoms with van der Waals surface area (Å²) in [6.45, 7) is 0.641. The molecule has 1 aromatic heterocycles. The largest absolute Gasteiger partial charge is 0.329 e. The molecule has 2 aromatic carbocycles. The third kappa shape index (κ3) is 3.36. The Bertz CT molecular complexity index is 1080. The number of para-hydroxylation sites is 1. The minimum Gasteiger partial charge on any atom is -0.329 e. The predicted molar refractivity (Wildman–Crippen MR) is 105 cm³/mol. The number of hydrogen-bond donors (Lipinski definition) is 1. The Kier molecular flexibility index (Phi) is 4.71. The standard InChI is InChI=1S/C19H19N3O3S2/c1-20-27(24,25)14-7-4-6-13(12-14)19(23)22-11-5-9-16(22)18-21-15-8-2-3-10-17(15)26-18/h2-4,6-8,10,12,16,20H,5,9,11H2,1H3/t16-/m1/s1. The fraction of sp³-hybridized carbons (Fsp3) is 0.263. The van der Waals surface area contributed by atoms with Gasteiger partial charge in [-0.2, -0.15) is 0 Å². The topological polar surface area (TPSA) is 79.4 Å². The van der Waals surface area contributed by atoms with E-state index in [-0.39, 0.29) is 16.8 Å². The number of fused-ring (bicyclic) bond motifs is 1. The molecule has 3 aromatic rings. The van der Waals surface area contributed by atoms with E-state index in [1.54, 1.807) is 23.5 Å². The zero-order chi connectivity index (χ0) is 19.0. The Labute approximate surface area is 161 Å². The molecule has 2 heterocycles. The van der Waals surface area contributed by atoms with Gasteiger partial charge in [0.25, 0.3) is 5.91 Å². The summed E-state index contributed by atoms with van der Waals surface area (Å²) in [6, 6.07) is 14.0. The van der Waals surface area contributed by atoms with Gasteiger partial charge < -0.3 is 4.90 Å². The Morgan fingerprint density at radius 3 is 2.81 bits per heavy atom. The van der Waals surface area contributed by atoms with Crippen LogP contribution in [-0.2, 0) is 10.0 Å². The van der Waals surface area contributed by atoms with E-state index in [4.69, 9.17) is 4.98 Å². The molecule has 1 atom stereocenters. The van der Waals surface area contributed by atoms with Crippen LogP contribution in [0.1, 0.15) is 34.2 Å². The van der Waals surface area contributed by atoms with Gasteiger partial charge in [0.2, 0.25) is 10.0 Å². The summed E-state index contributed by atoms with van der Waals surface area (Å²) >= 11 is 1.61. The van der Waals surface area contributed by atoms with Gasteiger partial charge >= 0.3 is 0 Å². The van der Waals surface area contributed by atoms with E-state index in [1.807, 2.05) is 29.2 Å². The molecule has 4 rings (SSSR count). The Morgan fingerprint density at radius 2 is 2.04 bits per heavy atom. The lowest BCUT2D eigenvalue weighted by molar-refractivity contribution is 0.0735. The van der Waals surface area contributed by atoms with Gasteiger partial charge in [-0.1, -0.05) is 18.2 Å². The van der Waals surface area contributed by atoms with E-state index in [1.165, 1.54) is 19.2 Å². The number of rotatable bonds is 4. The zero-order valence-corrected chi connectivity index (χ0v) is 16.4. The molecule has 1 aliphatic heterocycles. The molecule has 1 amide bonds. The number of aromatic nitrogens is 1. The fourth-order valence-corrected chi connectivity index (χ4v) is 5.27. The number of nitrogens with one attached hydrogen (secondary N) is 1. The molecule has 0 unspecified atom stereocenters. The van der Waals surface area contributed by atoms with E-state index in [0.29, 0.717) is 12.1 Å². The number of nitrogens with zero attached hydrogens (tertiary/aromatic N) is 2. The molecule has 0 aliphatic carbocycles. The summed E-state index contributed by atoms with van der Waals surface area (Å²) in [5.74, 6) is -0.162. The summed E-state index contributed by atoms with van der Waals surface area (Å²) in [4.78, 5) is 19.7. The minimum absolute atomic E-state index is 0.0699. The van der Waals surface area contributed by atoms with Crippen LogP contribution >= 0.6 is 11.3 Å². The van der Waals surface area contributed by atoms with Crippen LogP contribution in [0, 0.1) is 0 Å². The molecule has 6 nitrogen and oxygen atoms in total. The summed E-state index contributed by atoms with van der Waals surface area (Å²) in [7, 11) is -2.24. The van der Waals surface area contributed by atoms with E-state index in [2.05, 4.69) is 4.72 Å². The van der Waals surface area contributed by atoms with Crippen molar-refractivity contribution in [3.63, 3.8) is 0 Å². The molecule has 0 saturated carbocycles. The average molecular weight is 402 g/mol. The minimum atomic E-state index is -3.59. The van der Waals surface area contributed by atoms with Crippen molar-refractivity contribution in [2.45, 2.75) is 23.8 Å². The van der Waals surface area contributed by atoms with Crippen molar-refractivity contribution in [3.8, 4) is 0 Å². The monoisotopic (exact) mass is 401 g/mol. The number of benzene rings is 2. The van der Waals surface area contributed by atoms with Gasteiger partial charge in [-0.05, 0) is 50.2 Å². The first kappa shape index (κ1) is 18.1. The highest BCUT2D eigenvalue weighted by Crippen LogP contribution is 2.37. The first-order chi connectivity index (χ1) is 13.0. The van der Waals surface area contributed by atoms with Crippen LogP contribution in [0.5, 0.6) is 0 Å². The zero-order valence-electron chi connectivity index (χ0n) is 14.8. The van der Waals surface area contributed by atoms with Crippen LogP contribution in [0.15, 0.2) is 53.4 Å². The number of carbonyl (C=O) groups is 1. The lowest BCUT2D eigenvalue weighted by atomic mass is 10.1. The number of hydrogen-bond acceptors (Lipinski definition) is 5. The average Bonchev–Trinajstić information content (AvgIpc) is 3.34. The second kappa shape index (κ2) is 7.03. The maximum absolute atomic E-state index is 13.1. The third-order valence-corrected chi connectivity index (χ3v) is 7.32. The van der Waals surface area contributed by atoms with E-state index >= 15 is 0 Å². The van der Waals surface area contributed by atoms with Crippen molar-refractivity contribution in [1.82, 2.24) is 14.6 Å². The molecular weight excluding hydrogens is 382 g/mol.